The maximum absolute atomic E-state index is 2.47. The van der Waals surface area contributed by atoms with Crippen LogP contribution in [0.1, 0.15) is 0 Å². The van der Waals surface area contributed by atoms with Crippen molar-refractivity contribution in [2.24, 2.45) is 0 Å². The number of benzene rings is 18. The molecule has 0 fully saturated rings. The van der Waals surface area contributed by atoms with Crippen LogP contribution >= 0.6 is 0 Å². The summed E-state index contributed by atoms with van der Waals surface area (Å²) in [5.74, 6) is 0. The van der Waals surface area contributed by atoms with Crippen LogP contribution in [0.25, 0.3) is 209 Å². The van der Waals surface area contributed by atoms with Gasteiger partial charge in [0.15, 0.2) is 0 Å². The smallest absolute Gasteiger partial charge is 0.0547 e. The Morgan fingerprint density at radius 3 is 0.811 bits per heavy atom. The largest absolute Gasteiger partial charge is 0.309 e. The van der Waals surface area contributed by atoms with E-state index in [1.54, 1.807) is 0 Å². The summed E-state index contributed by atoms with van der Waals surface area (Å²) >= 11 is 0. The van der Waals surface area contributed by atoms with E-state index in [-0.39, 0.29) is 0 Å². The summed E-state index contributed by atoms with van der Waals surface area (Å²) in [5.41, 5.74) is 26.6. The van der Waals surface area contributed by atoms with E-state index >= 15 is 0 Å². The highest BCUT2D eigenvalue weighted by molar-refractivity contribution is 6.29. The van der Waals surface area contributed by atoms with Gasteiger partial charge < -0.3 is 27.4 Å². The average Bonchev–Trinajstić information content (AvgIpc) is 1.55. The molecule has 0 spiro atoms. The molecular formula is C100H62N6. The van der Waals surface area contributed by atoms with Crippen molar-refractivity contribution in [1.82, 2.24) is 27.4 Å². The van der Waals surface area contributed by atoms with Crippen molar-refractivity contribution in [2.75, 3.05) is 0 Å². The van der Waals surface area contributed by atoms with Crippen LogP contribution in [0.4, 0.5) is 0 Å². The normalized spacial score (nSPS) is 12.2. The molecule has 0 aliphatic heterocycles. The third-order valence-electron chi connectivity index (χ3n) is 22.8. The van der Waals surface area contributed by atoms with E-state index in [0.29, 0.717) is 0 Å². The fraction of sp³-hybridized carbons (Fsp3) is 0. The van der Waals surface area contributed by atoms with E-state index in [0.717, 1.165) is 11.4 Å². The molecule has 6 heteroatoms. The van der Waals surface area contributed by atoms with Gasteiger partial charge in [0.05, 0.1) is 66.2 Å². The van der Waals surface area contributed by atoms with Gasteiger partial charge in [0.1, 0.15) is 0 Å². The van der Waals surface area contributed by atoms with Crippen molar-refractivity contribution in [2.45, 2.75) is 0 Å². The molecular weight excluding hydrogens is 1290 g/mol. The molecule has 6 heterocycles. The Morgan fingerprint density at radius 2 is 0.406 bits per heavy atom. The summed E-state index contributed by atoms with van der Waals surface area (Å²) in [7, 11) is 0. The highest BCUT2D eigenvalue weighted by Crippen LogP contribution is 2.48. The Bertz CT molecular complexity index is 7620. The molecule has 24 aromatic rings. The highest BCUT2D eigenvalue weighted by atomic mass is 15.0. The Kier molecular flexibility index (Phi) is 12.5. The predicted molar refractivity (Wildman–Crippen MR) is 447 cm³/mol. The van der Waals surface area contributed by atoms with E-state index in [2.05, 4.69) is 404 Å². The van der Waals surface area contributed by atoms with Crippen molar-refractivity contribution < 1.29 is 0 Å². The maximum atomic E-state index is 2.47. The quantitative estimate of drug-likeness (QED) is 0.136. The minimum Gasteiger partial charge on any atom is -0.309 e. The van der Waals surface area contributed by atoms with Crippen LogP contribution in [0.3, 0.4) is 0 Å². The second-order valence-electron chi connectivity index (χ2n) is 28.3. The summed E-state index contributed by atoms with van der Waals surface area (Å²) in [6, 6.07) is 138. The van der Waals surface area contributed by atoms with Crippen LogP contribution in [-0.2, 0) is 0 Å². The molecule has 0 radical (unpaired) electrons. The summed E-state index contributed by atoms with van der Waals surface area (Å²) in [5, 5.41) is 20.4. The Labute approximate surface area is 608 Å². The molecule has 0 aliphatic rings. The molecule has 0 amide bonds. The lowest BCUT2D eigenvalue weighted by atomic mass is 9.94. The van der Waals surface area contributed by atoms with E-state index in [1.807, 2.05) is 0 Å². The molecule has 6 nitrogen and oxygen atoms in total. The number of hydrogen-bond acceptors (Lipinski definition) is 0. The summed E-state index contributed by atoms with van der Waals surface area (Å²) in [6.07, 6.45) is 0. The molecule has 18 aromatic carbocycles. The first-order chi connectivity index (χ1) is 52.6. The third-order valence-corrected chi connectivity index (χ3v) is 22.8. The highest BCUT2D eigenvalue weighted by Gasteiger charge is 2.25. The number of nitrogens with zero attached hydrogens (tertiary/aromatic N) is 6. The monoisotopic (exact) mass is 1350 g/mol. The zero-order valence-corrected chi connectivity index (χ0v) is 57.5. The van der Waals surface area contributed by atoms with E-state index < -0.39 is 0 Å². The van der Waals surface area contributed by atoms with Gasteiger partial charge >= 0.3 is 0 Å². The molecule has 0 unspecified atom stereocenters. The SMILES string of the molecule is c1ccc(-n2c3ccccc3c3cc(-n4c5cccc6ccc7c(-c8ccc9c%10ccccc%10n(-c%10ccccc%10)c9c8)ccc4c7c65)ccc32)cc1.c1ccc(-n2c3ccccc3c3ccc(-c4ccc5c6c4ccc4cccc(c46)n5-c4ccc(-n5c6ccccc6c6ccccc65)cc4)cc32)cc1. The Morgan fingerprint density at radius 1 is 0.132 bits per heavy atom. The van der Waals surface area contributed by atoms with Crippen molar-refractivity contribution in [1.29, 1.82) is 0 Å². The van der Waals surface area contributed by atoms with Crippen molar-refractivity contribution >= 4 is 152 Å². The lowest BCUT2D eigenvalue weighted by Crippen LogP contribution is -1.97. The molecule has 6 aromatic heterocycles. The Hall–Kier alpha value is -14.2. The molecule has 0 aliphatic carbocycles. The van der Waals surface area contributed by atoms with Gasteiger partial charge in [-0.3, -0.25) is 0 Å². The zero-order valence-electron chi connectivity index (χ0n) is 57.5. The van der Waals surface area contributed by atoms with Crippen LogP contribution < -0.4 is 0 Å². The zero-order chi connectivity index (χ0) is 69.2. The first-order valence-corrected chi connectivity index (χ1v) is 36.6. The molecule has 0 atom stereocenters. The summed E-state index contributed by atoms with van der Waals surface area (Å²) < 4.78 is 14.5. The van der Waals surface area contributed by atoms with Crippen molar-refractivity contribution in [3.8, 4) is 56.4 Å². The number of aromatic nitrogens is 6. The molecule has 0 saturated carbocycles. The fourth-order valence-electron chi connectivity index (χ4n) is 18.3. The van der Waals surface area contributed by atoms with Crippen molar-refractivity contribution in [3.05, 3.63) is 376 Å². The molecule has 0 N–H and O–H groups in total. The van der Waals surface area contributed by atoms with Gasteiger partial charge in [-0.15, -0.1) is 0 Å². The van der Waals surface area contributed by atoms with Crippen LogP contribution in [0.5, 0.6) is 0 Å². The molecule has 0 bridgehead atoms. The van der Waals surface area contributed by atoms with Crippen molar-refractivity contribution in [3.63, 3.8) is 0 Å². The lowest BCUT2D eigenvalue weighted by molar-refractivity contribution is 1.14. The number of rotatable bonds is 8. The Balaban J connectivity index is 0.000000129. The average molecular weight is 1350 g/mol. The summed E-state index contributed by atoms with van der Waals surface area (Å²) in [4.78, 5) is 0. The fourth-order valence-corrected chi connectivity index (χ4v) is 18.3. The van der Waals surface area contributed by atoms with Gasteiger partial charge in [-0.25, -0.2) is 0 Å². The second-order valence-corrected chi connectivity index (χ2v) is 28.3. The topological polar surface area (TPSA) is 29.6 Å². The minimum absolute atomic E-state index is 1.15. The number of hydrogen-bond donors (Lipinski definition) is 0. The standard InChI is InChI=1S/2C50H31N3/c1-3-13-34(14-4-1)51-44-20-10-8-18-39(44)42-31-36(24-28-45(42)51)53-46-21-11-12-32-22-26-41-37(27-29-47(53)50(41)49(32)46)33-23-25-40-38-17-7-9-19-43(38)52(48(40)30-33)35-15-5-2-6-16-35;1-2-12-34(13-3-1)52-45-19-9-6-16-40(45)41-27-22-33(31-48(41)52)37-29-30-47-50-42(37)28-21-32-11-10-20-46(49(32)50)53(47)36-25-23-35(24-26-36)51-43-17-7-4-14-38(43)39-15-5-8-18-44(39)51/h2*1-31H. The van der Waals surface area contributed by atoms with Crippen LogP contribution in [0, 0.1) is 0 Å². The molecule has 492 valence electrons. The first-order valence-electron chi connectivity index (χ1n) is 36.6. The summed E-state index contributed by atoms with van der Waals surface area (Å²) in [6.45, 7) is 0. The molecule has 106 heavy (non-hydrogen) atoms. The van der Waals surface area contributed by atoms with Gasteiger partial charge in [-0.2, -0.15) is 0 Å². The number of para-hydroxylation sites is 8. The van der Waals surface area contributed by atoms with Gasteiger partial charge in [0, 0.05) is 98.8 Å². The van der Waals surface area contributed by atoms with E-state index in [1.165, 1.54) is 197 Å². The first kappa shape index (κ1) is 58.4. The van der Waals surface area contributed by atoms with E-state index in [9.17, 15) is 0 Å². The van der Waals surface area contributed by atoms with Gasteiger partial charge in [0.25, 0.3) is 0 Å². The van der Waals surface area contributed by atoms with E-state index in [4.69, 9.17) is 0 Å². The minimum atomic E-state index is 1.15. The molecule has 0 saturated heterocycles. The van der Waals surface area contributed by atoms with Crippen LogP contribution in [-0.4, -0.2) is 27.4 Å². The number of fused-ring (bicyclic) bond motifs is 12. The second kappa shape index (κ2) is 22.6. The maximum Gasteiger partial charge on any atom is 0.0547 e. The van der Waals surface area contributed by atoms with Crippen LogP contribution in [0.15, 0.2) is 376 Å². The van der Waals surface area contributed by atoms with Gasteiger partial charge in [-0.1, -0.05) is 231 Å². The van der Waals surface area contributed by atoms with Crippen LogP contribution in [0.2, 0.25) is 0 Å². The molecule has 24 rings (SSSR count). The third kappa shape index (κ3) is 8.43. The predicted octanol–water partition coefficient (Wildman–Crippen LogP) is 26.5. The van der Waals surface area contributed by atoms with Gasteiger partial charge in [0.2, 0.25) is 0 Å². The van der Waals surface area contributed by atoms with Gasteiger partial charge in [-0.05, 0) is 189 Å². The lowest BCUT2D eigenvalue weighted by Gasteiger charge is -2.13.